The van der Waals surface area contributed by atoms with Crippen LogP contribution in [0.25, 0.3) is 0 Å². The van der Waals surface area contributed by atoms with E-state index in [9.17, 15) is 9.18 Å². The largest absolute Gasteiger partial charge is 0.369 e. The van der Waals surface area contributed by atoms with Gasteiger partial charge in [0.25, 0.3) is 0 Å². The molecule has 1 aliphatic heterocycles. The van der Waals surface area contributed by atoms with E-state index in [1.54, 1.807) is 12.1 Å². The van der Waals surface area contributed by atoms with Crippen molar-refractivity contribution in [3.8, 4) is 0 Å². The van der Waals surface area contributed by atoms with Gasteiger partial charge in [-0.15, -0.1) is 0 Å². The van der Waals surface area contributed by atoms with Crippen molar-refractivity contribution in [1.82, 2.24) is 4.90 Å². The van der Waals surface area contributed by atoms with E-state index in [2.05, 4.69) is 57.6 Å². The van der Waals surface area contributed by atoms with Gasteiger partial charge in [-0.05, 0) is 53.9 Å². The first kappa shape index (κ1) is 21.1. The van der Waals surface area contributed by atoms with Crippen LogP contribution in [0, 0.1) is 5.82 Å². The first-order valence-electron chi connectivity index (χ1n) is 10.8. The average Bonchev–Trinajstić information content (AvgIpc) is 2.80. The molecule has 5 heteroatoms. The number of hydrogen-bond donors (Lipinski definition) is 1. The second kappa shape index (κ2) is 10.2. The molecule has 1 amide bonds. The van der Waals surface area contributed by atoms with Gasteiger partial charge < -0.3 is 10.2 Å². The van der Waals surface area contributed by atoms with Gasteiger partial charge in [0.2, 0.25) is 5.91 Å². The lowest BCUT2D eigenvalue weighted by Crippen LogP contribution is -2.45. The Morgan fingerprint density at radius 3 is 2.16 bits per heavy atom. The molecule has 1 N–H and O–H groups in total. The number of amides is 1. The number of carbonyl (C=O) groups excluding carboxylic acids is 1. The van der Waals surface area contributed by atoms with E-state index in [0.717, 1.165) is 44.0 Å². The molecule has 4 rings (SSSR count). The summed E-state index contributed by atoms with van der Waals surface area (Å²) >= 11 is 0. The molecule has 1 saturated heterocycles. The SMILES string of the molecule is O=C(CCc1ccc(F)cc1)Nc1ccc(N2CCN(Cc3ccccc3)CC2)cc1. The molecular formula is C26H28FN3O. The van der Waals surface area contributed by atoms with Crippen LogP contribution in [0.4, 0.5) is 15.8 Å². The fourth-order valence-electron chi connectivity index (χ4n) is 3.89. The third kappa shape index (κ3) is 6.15. The number of aryl methyl sites for hydroxylation is 1. The average molecular weight is 418 g/mol. The topological polar surface area (TPSA) is 35.6 Å². The van der Waals surface area contributed by atoms with Crippen LogP contribution in [-0.4, -0.2) is 37.0 Å². The molecule has 0 saturated carbocycles. The van der Waals surface area contributed by atoms with Crippen LogP contribution in [0.3, 0.4) is 0 Å². The Bertz CT molecular complexity index is 966. The van der Waals surface area contributed by atoms with Gasteiger partial charge in [0, 0.05) is 50.5 Å². The van der Waals surface area contributed by atoms with Crippen molar-refractivity contribution < 1.29 is 9.18 Å². The van der Waals surface area contributed by atoms with Crippen molar-refractivity contribution in [2.75, 3.05) is 36.4 Å². The van der Waals surface area contributed by atoms with Gasteiger partial charge >= 0.3 is 0 Å². The summed E-state index contributed by atoms with van der Waals surface area (Å²) in [5, 5.41) is 2.95. The highest BCUT2D eigenvalue weighted by Gasteiger charge is 2.17. The molecular weight excluding hydrogens is 389 g/mol. The van der Waals surface area contributed by atoms with Crippen molar-refractivity contribution in [3.05, 3.63) is 95.8 Å². The molecule has 0 spiro atoms. The number of piperazine rings is 1. The number of carbonyl (C=O) groups is 1. The molecule has 1 fully saturated rings. The van der Waals surface area contributed by atoms with Gasteiger partial charge in [0.1, 0.15) is 5.82 Å². The molecule has 4 nitrogen and oxygen atoms in total. The van der Waals surface area contributed by atoms with Crippen molar-refractivity contribution in [3.63, 3.8) is 0 Å². The van der Waals surface area contributed by atoms with Crippen molar-refractivity contribution >= 4 is 17.3 Å². The van der Waals surface area contributed by atoms with E-state index in [-0.39, 0.29) is 11.7 Å². The molecule has 1 aliphatic rings. The smallest absolute Gasteiger partial charge is 0.224 e. The standard InChI is InChI=1S/C26H28FN3O/c27-23-9-6-21(7-10-23)8-15-26(31)28-24-11-13-25(14-12-24)30-18-16-29(17-19-30)20-22-4-2-1-3-5-22/h1-7,9-14H,8,15-20H2,(H,28,31). The molecule has 0 aromatic heterocycles. The summed E-state index contributed by atoms with van der Waals surface area (Å²) < 4.78 is 13.0. The van der Waals surface area contributed by atoms with E-state index in [1.807, 2.05) is 12.1 Å². The molecule has 0 aliphatic carbocycles. The van der Waals surface area contributed by atoms with E-state index >= 15 is 0 Å². The van der Waals surface area contributed by atoms with Gasteiger partial charge in [0.15, 0.2) is 0 Å². The number of halogens is 1. The highest BCUT2D eigenvalue weighted by molar-refractivity contribution is 5.91. The lowest BCUT2D eigenvalue weighted by molar-refractivity contribution is -0.116. The Morgan fingerprint density at radius 2 is 1.48 bits per heavy atom. The fraction of sp³-hybridized carbons (Fsp3) is 0.269. The maximum Gasteiger partial charge on any atom is 0.224 e. The van der Waals surface area contributed by atoms with Gasteiger partial charge in [-0.3, -0.25) is 9.69 Å². The molecule has 0 unspecified atom stereocenters. The lowest BCUT2D eigenvalue weighted by atomic mass is 10.1. The third-order valence-corrected chi connectivity index (χ3v) is 5.69. The second-order valence-corrected chi connectivity index (χ2v) is 7.97. The first-order chi connectivity index (χ1) is 15.2. The number of nitrogens with zero attached hydrogens (tertiary/aromatic N) is 2. The van der Waals surface area contributed by atoms with Crippen LogP contribution >= 0.6 is 0 Å². The Kier molecular flexibility index (Phi) is 6.95. The van der Waals surface area contributed by atoms with E-state index in [4.69, 9.17) is 0 Å². The summed E-state index contributed by atoms with van der Waals surface area (Å²) in [5.41, 5.74) is 4.30. The molecule has 1 heterocycles. The van der Waals surface area contributed by atoms with Crippen molar-refractivity contribution in [2.45, 2.75) is 19.4 Å². The summed E-state index contributed by atoms with van der Waals surface area (Å²) in [6.07, 6.45) is 0.966. The maximum absolute atomic E-state index is 13.0. The minimum Gasteiger partial charge on any atom is -0.369 e. The lowest BCUT2D eigenvalue weighted by Gasteiger charge is -2.36. The van der Waals surface area contributed by atoms with Crippen molar-refractivity contribution in [1.29, 1.82) is 0 Å². The molecule has 3 aromatic carbocycles. The van der Waals surface area contributed by atoms with Gasteiger partial charge in [-0.25, -0.2) is 4.39 Å². The zero-order valence-corrected chi connectivity index (χ0v) is 17.6. The summed E-state index contributed by atoms with van der Waals surface area (Å²) in [5.74, 6) is -0.294. The Balaban J connectivity index is 1.23. The number of anilines is 2. The second-order valence-electron chi connectivity index (χ2n) is 7.97. The molecule has 0 atom stereocenters. The van der Waals surface area contributed by atoms with E-state index < -0.39 is 0 Å². The summed E-state index contributed by atoms with van der Waals surface area (Å²) in [7, 11) is 0. The van der Waals surface area contributed by atoms with Crippen LogP contribution in [0.5, 0.6) is 0 Å². The zero-order valence-electron chi connectivity index (χ0n) is 17.6. The zero-order chi connectivity index (χ0) is 21.5. The van der Waals surface area contributed by atoms with Gasteiger partial charge in [-0.2, -0.15) is 0 Å². The predicted molar refractivity (Wildman–Crippen MR) is 124 cm³/mol. The molecule has 0 bridgehead atoms. The number of benzene rings is 3. The van der Waals surface area contributed by atoms with Crippen molar-refractivity contribution in [2.24, 2.45) is 0 Å². The normalized spacial score (nSPS) is 14.4. The Hall–Kier alpha value is -3.18. The van der Waals surface area contributed by atoms with E-state index in [1.165, 1.54) is 23.4 Å². The Morgan fingerprint density at radius 1 is 0.806 bits per heavy atom. The number of hydrogen-bond acceptors (Lipinski definition) is 3. The number of nitrogens with one attached hydrogen (secondary N) is 1. The van der Waals surface area contributed by atoms with Gasteiger partial charge in [0.05, 0.1) is 0 Å². The van der Waals surface area contributed by atoms with Crippen LogP contribution in [0.2, 0.25) is 0 Å². The number of rotatable bonds is 7. The minimum absolute atomic E-state index is 0.0356. The Labute approximate surface area is 183 Å². The summed E-state index contributed by atoms with van der Waals surface area (Å²) in [4.78, 5) is 17.1. The highest BCUT2D eigenvalue weighted by atomic mass is 19.1. The fourth-order valence-corrected chi connectivity index (χ4v) is 3.89. The van der Waals surface area contributed by atoms with Crippen LogP contribution in [-0.2, 0) is 17.8 Å². The third-order valence-electron chi connectivity index (χ3n) is 5.69. The van der Waals surface area contributed by atoms with Gasteiger partial charge in [-0.1, -0.05) is 42.5 Å². The quantitative estimate of drug-likeness (QED) is 0.604. The van der Waals surface area contributed by atoms with Crippen LogP contribution in [0.1, 0.15) is 17.5 Å². The monoisotopic (exact) mass is 417 g/mol. The summed E-state index contributed by atoms with van der Waals surface area (Å²) in [6.45, 7) is 5.07. The maximum atomic E-state index is 13.0. The highest BCUT2D eigenvalue weighted by Crippen LogP contribution is 2.20. The molecule has 0 radical (unpaired) electrons. The first-order valence-corrected chi connectivity index (χ1v) is 10.8. The minimum atomic E-state index is -0.258. The molecule has 3 aromatic rings. The van der Waals surface area contributed by atoms with E-state index in [0.29, 0.717) is 12.8 Å². The molecule has 31 heavy (non-hydrogen) atoms. The van der Waals surface area contributed by atoms with Crippen LogP contribution < -0.4 is 10.2 Å². The molecule has 160 valence electrons. The van der Waals surface area contributed by atoms with Crippen LogP contribution in [0.15, 0.2) is 78.9 Å². The summed E-state index contributed by atoms with van der Waals surface area (Å²) in [6, 6.07) is 24.9. The predicted octanol–water partition coefficient (Wildman–Crippen LogP) is 4.72.